The van der Waals surface area contributed by atoms with Crippen molar-refractivity contribution in [3.8, 4) is 0 Å². The first-order valence-electron chi connectivity index (χ1n) is 4.81. The fourth-order valence-electron chi connectivity index (χ4n) is 1.43. The summed E-state index contributed by atoms with van der Waals surface area (Å²) in [5.74, 6) is 0. The van der Waals surface area contributed by atoms with Crippen LogP contribution >= 0.6 is 0 Å². The highest BCUT2D eigenvalue weighted by atomic mass is 14.7. The van der Waals surface area contributed by atoms with Crippen LogP contribution in [0.2, 0.25) is 0 Å². The number of hydrogen-bond acceptors (Lipinski definition) is 1. The second kappa shape index (κ2) is 4.05. The molecule has 1 aromatic carbocycles. The Labute approximate surface area is 84.5 Å². The lowest BCUT2D eigenvalue weighted by atomic mass is 10.1. The van der Waals surface area contributed by atoms with Gasteiger partial charge in [0.05, 0.1) is 5.71 Å². The summed E-state index contributed by atoms with van der Waals surface area (Å²) in [5, 5.41) is 0. The lowest BCUT2D eigenvalue weighted by Gasteiger charge is -2.02. The van der Waals surface area contributed by atoms with Gasteiger partial charge in [0, 0.05) is 12.6 Å². The van der Waals surface area contributed by atoms with Crippen LogP contribution in [0.25, 0.3) is 0 Å². The minimum absolute atomic E-state index is 0.913. The summed E-state index contributed by atoms with van der Waals surface area (Å²) in [4.78, 5) is 4.40. The van der Waals surface area contributed by atoms with E-state index in [4.69, 9.17) is 0 Å². The Morgan fingerprint density at radius 2 is 1.86 bits per heavy atom. The molecule has 0 bridgehead atoms. The van der Waals surface area contributed by atoms with E-state index in [0.29, 0.717) is 0 Å². The van der Waals surface area contributed by atoms with Crippen LogP contribution in [-0.4, -0.2) is 5.71 Å². The average molecular weight is 183 g/mol. The molecule has 1 aliphatic heterocycles. The third-order valence-corrected chi connectivity index (χ3v) is 2.26. The predicted octanol–water partition coefficient (Wildman–Crippen LogP) is 3.26. The van der Waals surface area contributed by atoms with Crippen LogP contribution in [0.4, 0.5) is 0 Å². The molecular weight excluding hydrogens is 170 g/mol. The second-order valence-electron chi connectivity index (χ2n) is 3.42. The number of hydrogen-bond donors (Lipinski definition) is 0. The van der Waals surface area contributed by atoms with Crippen LogP contribution in [0.1, 0.15) is 17.5 Å². The van der Waals surface area contributed by atoms with Gasteiger partial charge in [-0.3, -0.25) is 4.99 Å². The first-order valence-corrected chi connectivity index (χ1v) is 4.81. The summed E-state index contributed by atoms with van der Waals surface area (Å²) in [5.41, 5.74) is 3.64. The molecule has 0 aliphatic carbocycles. The molecule has 0 spiro atoms. The van der Waals surface area contributed by atoms with Crippen molar-refractivity contribution in [1.82, 2.24) is 0 Å². The van der Waals surface area contributed by atoms with Crippen molar-refractivity contribution in [2.75, 3.05) is 0 Å². The van der Waals surface area contributed by atoms with E-state index in [2.05, 4.69) is 42.3 Å². The van der Waals surface area contributed by atoms with Crippen LogP contribution in [0.5, 0.6) is 0 Å². The average Bonchev–Trinajstić information content (AvgIpc) is 2.47. The number of aryl methyl sites for hydroxylation is 1. The maximum atomic E-state index is 4.40. The summed E-state index contributed by atoms with van der Waals surface area (Å²) >= 11 is 0. The molecule has 1 heteroatoms. The summed E-state index contributed by atoms with van der Waals surface area (Å²) in [7, 11) is 0. The molecule has 2 rings (SSSR count). The maximum Gasteiger partial charge on any atom is 0.0513 e. The van der Waals surface area contributed by atoms with Crippen LogP contribution in [0.15, 0.2) is 53.7 Å². The van der Waals surface area contributed by atoms with E-state index in [0.717, 1.165) is 12.1 Å². The van der Waals surface area contributed by atoms with Gasteiger partial charge < -0.3 is 0 Å². The highest BCUT2D eigenvalue weighted by Gasteiger charge is 2.01. The third kappa shape index (κ3) is 1.99. The normalized spacial score (nSPS) is 15.1. The number of nitrogens with zero attached hydrogens (tertiary/aromatic N) is 1. The minimum atomic E-state index is 0.913. The quantitative estimate of drug-likeness (QED) is 0.633. The van der Waals surface area contributed by atoms with Gasteiger partial charge >= 0.3 is 0 Å². The van der Waals surface area contributed by atoms with Crippen LogP contribution < -0.4 is 0 Å². The van der Waals surface area contributed by atoms with Crippen molar-refractivity contribution >= 4 is 5.71 Å². The largest absolute Gasteiger partial charge is 0.260 e. The lowest BCUT2D eigenvalue weighted by Crippen LogP contribution is -1.97. The van der Waals surface area contributed by atoms with E-state index < -0.39 is 0 Å². The summed E-state index contributed by atoms with van der Waals surface area (Å²) in [6.45, 7) is 2.10. The fourth-order valence-corrected chi connectivity index (χ4v) is 1.43. The van der Waals surface area contributed by atoms with Crippen molar-refractivity contribution in [1.29, 1.82) is 0 Å². The molecule has 0 saturated carbocycles. The molecule has 1 aliphatic rings. The van der Waals surface area contributed by atoms with Gasteiger partial charge in [-0.25, -0.2) is 0 Å². The third-order valence-electron chi connectivity index (χ3n) is 2.26. The van der Waals surface area contributed by atoms with Crippen LogP contribution in [0, 0.1) is 6.92 Å². The molecular formula is C13H13N. The first kappa shape index (κ1) is 8.95. The smallest absolute Gasteiger partial charge is 0.0513 e. The second-order valence-corrected chi connectivity index (χ2v) is 3.42. The fraction of sp³-hybridized carbons (Fsp3) is 0.154. The zero-order chi connectivity index (χ0) is 9.80. The molecule has 1 nitrogen and oxygen atoms in total. The molecule has 0 unspecified atom stereocenters. The molecule has 0 saturated heterocycles. The standard InChI is InChI=1S/C13H13N/c1-11-6-8-12(9-7-11)13-5-3-2-4-10-14-13/h2-4,6-10H,5H2,1H3. The van der Waals surface area contributed by atoms with Gasteiger partial charge in [-0.2, -0.15) is 0 Å². The zero-order valence-electron chi connectivity index (χ0n) is 8.27. The monoisotopic (exact) mass is 183 g/mol. The SMILES string of the molecule is Cc1ccc(C2=NC=CC=CC2)cc1. The number of aliphatic imine (C=N–C) groups is 1. The van der Waals surface area contributed by atoms with Gasteiger partial charge in [0.2, 0.25) is 0 Å². The Morgan fingerprint density at radius 1 is 1.07 bits per heavy atom. The van der Waals surface area contributed by atoms with Crippen molar-refractivity contribution in [2.24, 2.45) is 4.99 Å². The van der Waals surface area contributed by atoms with Crippen molar-refractivity contribution in [2.45, 2.75) is 13.3 Å². The molecule has 14 heavy (non-hydrogen) atoms. The van der Waals surface area contributed by atoms with Crippen molar-refractivity contribution in [3.63, 3.8) is 0 Å². The number of benzene rings is 1. The molecule has 0 amide bonds. The van der Waals surface area contributed by atoms with E-state index in [1.165, 1.54) is 11.1 Å². The Kier molecular flexibility index (Phi) is 2.59. The molecule has 1 aromatic rings. The first-order chi connectivity index (χ1) is 6.86. The Morgan fingerprint density at radius 3 is 2.64 bits per heavy atom. The maximum absolute atomic E-state index is 4.40. The summed E-state index contributed by atoms with van der Waals surface area (Å²) in [6, 6.07) is 8.49. The number of allylic oxidation sites excluding steroid dienone is 3. The molecule has 0 N–H and O–H groups in total. The molecule has 0 aromatic heterocycles. The summed E-state index contributed by atoms with van der Waals surface area (Å²) < 4.78 is 0. The van der Waals surface area contributed by atoms with Crippen LogP contribution in [0.3, 0.4) is 0 Å². The van der Waals surface area contributed by atoms with Crippen LogP contribution in [-0.2, 0) is 0 Å². The van der Waals surface area contributed by atoms with Crippen molar-refractivity contribution < 1.29 is 0 Å². The van der Waals surface area contributed by atoms with Gasteiger partial charge in [-0.15, -0.1) is 0 Å². The van der Waals surface area contributed by atoms with E-state index >= 15 is 0 Å². The molecule has 1 heterocycles. The van der Waals surface area contributed by atoms with Gasteiger partial charge in [0.1, 0.15) is 0 Å². The Bertz CT molecular complexity index is 394. The van der Waals surface area contributed by atoms with Gasteiger partial charge in [0.25, 0.3) is 0 Å². The molecule has 70 valence electrons. The van der Waals surface area contributed by atoms with E-state index in [1.54, 1.807) is 0 Å². The van der Waals surface area contributed by atoms with Crippen molar-refractivity contribution in [3.05, 3.63) is 59.8 Å². The molecule has 0 radical (unpaired) electrons. The Balaban J connectivity index is 2.31. The van der Waals surface area contributed by atoms with Gasteiger partial charge in [-0.1, -0.05) is 42.0 Å². The Hall–Kier alpha value is -1.63. The van der Waals surface area contributed by atoms with Gasteiger partial charge in [0.15, 0.2) is 0 Å². The predicted molar refractivity (Wildman–Crippen MR) is 60.6 cm³/mol. The van der Waals surface area contributed by atoms with Gasteiger partial charge in [-0.05, 0) is 18.6 Å². The highest BCUT2D eigenvalue weighted by molar-refractivity contribution is 6.02. The van der Waals surface area contributed by atoms with E-state index in [-0.39, 0.29) is 0 Å². The van der Waals surface area contributed by atoms with E-state index in [1.807, 2.05) is 18.4 Å². The zero-order valence-corrected chi connectivity index (χ0v) is 8.27. The topological polar surface area (TPSA) is 12.4 Å². The molecule has 0 atom stereocenters. The summed E-state index contributed by atoms with van der Waals surface area (Å²) in [6.07, 6.45) is 8.88. The minimum Gasteiger partial charge on any atom is -0.260 e. The number of rotatable bonds is 1. The lowest BCUT2D eigenvalue weighted by molar-refractivity contribution is 1.39. The molecule has 0 fully saturated rings. The highest BCUT2D eigenvalue weighted by Crippen LogP contribution is 2.09. The van der Waals surface area contributed by atoms with E-state index in [9.17, 15) is 0 Å².